The molecule has 1 aliphatic carbocycles. The third kappa shape index (κ3) is 2.91. The molecule has 6 nitrogen and oxygen atoms in total. The largest absolute Gasteiger partial charge is 0.393 e. The maximum absolute atomic E-state index is 13.2. The molecule has 0 saturated heterocycles. The van der Waals surface area contributed by atoms with E-state index in [2.05, 4.69) is 15.4 Å². The first kappa shape index (κ1) is 17.2. The van der Waals surface area contributed by atoms with Gasteiger partial charge < -0.3 is 10.4 Å². The maximum Gasteiger partial charge on any atom is 0.252 e. The normalized spacial score (nSPS) is 20.8. The van der Waals surface area contributed by atoms with Crippen LogP contribution in [0.15, 0.2) is 23.6 Å². The SMILES string of the molecule is Cc1cc(C(=O)NC(c2cccs2)C2CC(O)C2)c2c(C)nn(C)c2n1. The molecule has 1 fully saturated rings. The van der Waals surface area contributed by atoms with Crippen molar-refractivity contribution in [1.82, 2.24) is 20.1 Å². The Hall–Kier alpha value is -2.25. The van der Waals surface area contributed by atoms with Crippen LogP contribution in [0, 0.1) is 19.8 Å². The lowest BCUT2D eigenvalue weighted by Crippen LogP contribution is -2.41. The molecule has 136 valence electrons. The highest BCUT2D eigenvalue weighted by molar-refractivity contribution is 7.10. The minimum atomic E-state index is -0.255. The molecule has 3 heterocycles. The van der Waals surface area contributed by atoms with Gasteiger partial charge in [-0.1, -0.05) is 6.07 Å². The number of pyridine rings is 1. The van der Waals surface area contributed by atoms with E-state index in [1.807, 2.05) is 44.5 Å². The van der Waals surface area contributed by atoms with Gasteiger partial charge in [0.15, 0.2) is 5.65 Å². The fraction of sp³-hybridized carbons (Fsp3) is 0.421. The lowest BCUT2D eigenvalue weighted by atomic mass is 9.76. The van der Waals surface area contributed by atoms with E-state index in [1.165, 1.54) is 0 Å². The van der Waals surface area contributed by atoms with Gasteiger partial charge in [0.2, 0.25) is 0 Å². The van der Waals surface area contributed by atoms with Crippen molar-refractivity contribution in [2.75, 3.05) is 0 Å². The fourth-order valence-electron chi connectivity index (χ4n) is 3.76. The van der Waals surface area contributed by atoms with Crippen LogP contribution in [0.1, 0.15) is 45.5 Å². The molecule has 1 amide bonds. The average Bonchev–Trinajstić information content (AvgIpc) is 3.18. The van der Waals surface area contributed by atoms with Crippen molar-refractivity contribution in [3.63, 3.8) is 0 Å². The number of aryl methyl sites for hydroxylation is 3. The summed E-state index contributed by atoms with van der Waals surface area (Å²) in [4.78, 5) is 18.8. The molecule has 2 N–H and O–H groups in total. The van der Waals surface area contributed by atoms with E-state index >= 15 is 0 Å². The van der Waals surface area contributed by atoms with Gasteiger partial charge in [-0.05, 0) is 50.1 Å². The molecule has 0 radical (unpaired) electrons. The summed E-state index contributed by atoms with van der Waals surface area (Å²) in [5.41, 5.74) is 2.92. The molecule has 1 aliphatic rings. The molecule has 1 atom stereocenters. The van der Waals surface area contributed by atoms with Gasteiger partial charge in [0, 0.05) is 17.6 Å². The highest BCUT2D eigenvalue weighted by Crippen LogP contribution is 2.39. The summed E-state index contributed by atoms with van der Waals surface area (Å²) in [6.45, 7) is 3.78. The Morgan fingerprint density at radius 2 is 2.19 bits per heavy atom. The fourth-order valence-corrected chi connectivity index (χ4v) is 4.63. The van der Waals surface area contributed by atoms with Crippen LogP contribution in [0.2, 0.25) is 0 Å². The highest BCUT2D eigenvalue weighted by atomic mass is 32.1. The third-order valence-electron chi connectivity index (χ3n) is 5.10. The Balaban J connectivity index is 1.70. The van der Waals surface area contributed by atoms with Crippen LogP contribution in [0.5, 0.6) is 0 Å². The Bertz CT molecular complexity index is 958. The van der Waals surface area contributed by atoms with E-state index in [4.69, 9.17) is 0 Å². The van der Waals surface area contributed by atoms with Gasteiger partial charge >= 0.3 is 0 Å². The predicted molar refractivity (Wildman–Crippen MR) is 101 cm³/mol. The number of amides is 1. The van der Waals surface area contributed by atoms with Crippen molar-refractivity contribution < 1.29 is 9.90 Å². The molecule has 7 heteroatoms. The van der Waals surface area contributed by atoms with E-state index in [0.29, 0.717) is 5.56 Å². The average molecular weight is 370 g/mol. The van der Waals surface area contributed by atoms with Crippen LogP contribution >= 0.6 is 11.3 Å². The third-order valence-corrected chi connectivity index (χ3v) is 6.05. The molecule has 3 aromatic rings. The van der Waals surface area contributed by atoms with Crippen molar-refractivity contribution in [2.45, 2.75) is 38.8 Å². The summed E-state index contributed by atoms with van der Waals surface area (Å²) >= 11 is 1.64. The molecule has 0 spiro atoms. The zero-order valence-corrected chi connectivity index (χ0v) is 15.9. The number of rotatable bonds is 4. The molecule has 4 rings (SSSR count). The number of thiophene rings is 1. The lowest BCUT2D eigenvalue weighted by molar-refractivity contribution is 0.0241. The molecule has 0 bridgehead atoms. The Kier molecular flexibility index (Phi) is 4.28. The second-order valence-electron chi connectivity index (χ2n) is 7.07. The summed E-state index contributed by atoms with van der Waals surface area (Å²) in [6.07, 6.45) is 1.19. The lowest BCUT2D eigenvalue weighted by Gasteiger charge is -2.37. The van der Waals surface area contributed by atoms with Crippen LogP contribution in [0.3, 0.4) is 0 Å². The number of nitrogens with one attached hydrogen (secondary N) is 1. The van der Waals surface area contributed by atoms with Gasteiger partial charge in [-0.2, -0.15) is 5.10 Å². The van der Waals surface area contributed by atoms with Crippen LogP contribution in [-0.2, 0) is 7.05 Å². The molecular formula is C19H22N4O2S. The Labute approximate surface area is 155 Å². The Morgan fingerprint density at radius 3 is 2.85 bits per heavy atom. The summed E-state index contributed by atoms with van der Waals surface area (Å²) in [7, 11) is 1.84. The van der Waals surface area contributed by atoms with Crippen molar-refractivity contribution >= 4 is 28.3 Å². The molecular weight excluding hydrogens is 348 g/mol. The molecule has 0 aliphatic heterocycles. The van der Waals surface area contributed by atoms with Gasteiger partial charge in [-0.15, -0.1) is 11.3 Å². The van der Waals surface area contributed by atoms with Gasteiger partial charge in [-0.25, -0.2) is 4.98 Å². The molecule has 1 saturated carbocycles. The second kappa shape index (κ2) is 6.48. The minimum absolute atomic E-state index is 0.0774. The summed E-state index contributed by atoms with van der Waals surface area (Å²) in [5, 5.41) is 20.2. The van der Waals surface area contributed by atoms with Crippen molar-refractivity contribution in [3.05, 3.63) is 45.4 Å². The standard InChI is InChI=1S/C19H22N4O2S/c1-10-7-14(16-11(2)22-23(3)18(16)20-10)19(25)21-17(12-8-13(24)9-12)15-5-4-6-26-15/h4-7,12-13,17,24H,8-9H2,1-3H3,(H,21,25). The van der Waals surface area contributed by atoms with Crippen molar-refractivity contribution in [2.24, 2.45) is 13.0 Å². The molecule has 3 aromatic heterocycles. The summed E-state index contributed by atoms with van der Waals surface area (Å²) < 4.78 is 1.72. The number of aromatic nitrogens is 3. The van der Waals surface area contributed by atoms with Crippen molar-refractivity contribution in [1.29, 1.82) is 0 Å². The van der Waals surface area contributed by atoms with Crippen LogP contribution in [-0.4, -0.2) is 31.9 Å². The van der Waals surface area contributed by atoms with E-state index in [0.717, 1.165) is 40.1 Å². The number of nitrogens with zero attached hydrogens (tertiary/aromatic N) is 3. The van der Waals surface area contributed by atoms with Gasteiger partial charge in [0.05, 0.1) is 28.8 Å². The minimum Gasteiger partial charge on any atom is -0.393 e. The van der Waals surface area contributed by atoms with Crippen LogP contribution in [0.25, 0.3) is 11.0 Å². The van der Waals surface area contributed by atoms with E-state index in [9.17, 15) is 9.90 Å². The number of fused-ring (bicyclic) bond motifs is 1. The molecule has 26 heavy (non-hydrogen) atoms. The van der Waals surface area contributed by atoms with E-state index in [-0.39, 0.29) is 24.0 Å². The summed E-state index contributed by atoms with van der Waals surface area (Å²) in [5.74, 6) is 0.150. The zero-order valence-electron chi connectivity index (χ0n) is 15.1. The maximum atomic E-state index is 13.2. The molecule has 0 aromatic carbocycles. The van der Waals surface area contributed by atoms with E-state index < -0.39 is 0 Å². The second-order valence-corrected chi connectivity index (χ2v) is 8.05. The van der Waals surface area contributed by atoms with Gasteiger partial charge in [-0.3, -0.25) is 9.48 Å². The quantitative estimate of drug-likeness (QED) is 0.740. The smallest absolute Gasteiger partial charge is 0.252 e. The van der Waals surface area contributed by atoms with Gasteiger partial charge in [0.1, 0.15) is 0 Å². The number of carbonyl (C=O) groups is 1. The number of aliphatic hydroxyl groups is 1. The topological polar surface area (TPSA) is 80.0 Å². The van der Waals surface area contributed by atoms with Gasteiger partial charge in [0.25, 0.3) is 5.91 Å². The van der Waals surface area contributed by atoms with E-state index in [1.54, 1.807) is 16.0 Å². The van der Waals surface area contributed by atoms with Crippen LogP contribution < -0.4 is 5.32 Å². The number of aliphatic hydroxyl groups excluding tert-OH is 1. The number of carbonyl (C=O) groups excluding carboxylic acids is 1. The first-order chi connectivity index (χ1) is 12.4. The zero-order chi connectivity index (χ0) is 18.4. The number of hydrogen-bond acceptors (Lipinski definition) is 5. The molecule has 1 unspecified atom stereocenters. The first-order valence-corrected chi connectivity index (χ1v) is 9.65. The number of hydrogen-bond donors (Lipinski definition) is 2. The monoisotopic (exact) mass is 370 g/mol. The Morgan fingerprint density at radius 1 is 1.42 bits per heavy atom. The summed E-state index contributed by atoms with van der Waals surface area (Å²) in [6, 6.07) is 5.79. The predicted octanol–water partition coefficient (Wildman–Crippen LogP) is 2.89. The first-order valence-electron chi connectivity index (χ1n) is 8.77. The highest BCUT2D eigenvalue weighted by Gasteiger charge is 2.36. The van der Waals surface area contributed by atoms with Crippen LogP contribution in [0.4, 0.5) is 0 Å². The van der Waals surface area contributed by atoms with Crippen molar-refractivity contribution in [3.8, 4) is 0 Å².